The van der Waals surface area contributed by atoms with Gasteiger partial charge in [0.15, 0.2) is 5.13 Å². The number of carbonyl (C=O) groups is 2. The van der Waals surface area contributed by atoms with Gasteiger partial charge in [0.05, 0.1) is 0 Å². The topological polar surface area (TPSA) is 143 Å². The predicted molar refractivity (Wildman–Crippen MR) is 124 cm³/mol. The molecule has 0 aliphatic rings. The molecule has 2 heterocycles. The van der Waals surface area contributed by atoms with Crippen LogP contribution in [0.25, 0.3) is 11.0 Å². The third-order valence-corrected chi connectivity index (χ3v) is 5.31. The number of thiazole rings is 1. The van der Waals surface area contributed by atoms with Gasteiger partial charge in [-0.25, -0.2) is 9.78 Å². The Bertz CT molecular complexity index is 1340. The third kappa shape index (κ3) is 7.05. The number of benzene rings is 2. The summed E-state index contributed by atoms with van der Waals surface area (Å²) in [5.74, 6) is -0.750. The standard InChI is InChI=1S/C21H18F3N7O4S/c22-21(23,24)35-14-4-1-12(2-5-14)10-34-20(33)26-8-7-25-19-28-17(11-36-19)18(32)27-13-3-6-15-16(9-13)30-31-29-15/h1-6,9,11H,7-8,10H2,(H,25,28)(H,26,33)(H,27,32)(H,29,30,31). The third-order valence-electron chi connectivity index (χ3n) is 4.51. The van der Waals surface area contributed by atoms with E-state index in [-0.39, 0.29) is 30.5 Å². The van der Waals surface area contributed by atoms with E-state index in [0.29, 0.717) is 34.0 Å². The number of hydrogen-bond donors (Lipinski definition) is 4. The fourth-order valence-corrected chi connectivity index (χ4v) is 3.61. The van der Waals surface area contributed by atoms with Crippen LogP contribution in [-0.4, -0.2) is 51.8 Å². The van der Waals surface area contributed by atoms with Crippen LogP contribution in [0.3, 0.4) is 0 Å². The Morgan fingerprint density at radius 1 is 1.03 bits per heavy atom. The summed E-state index contributed by atoms with van der Waals surface area (Å²) in [5.41, 5.74) is 2.57. The Hall–Kier alpha value is -4.40. The zero-order valence-corrected chi connectivity index (χ0v) is 19.1. The lowest BCUT2D eigenvalue weighted by Gasteiger charge is -2.10. The Labute approximate surface area is 205 Å². The van der Waals surface area contributed by atoms with E-state index < -0.39 is 12.5 Å². The molecule has 4 rings (SSSR count). The van der Waals surface area contributed by atoms with E-state index in [1.807, 2.05) is 0 Å². The SMILES string of the molecule is O=C(NCCNc1nc(C(=O)Nc2ccc3n[nH]nc3c2)cs1)OCc1ccc(OC(F)(F)F)cc1. The molecule has 4 aromatic rings. The molecular weight excluding hydrogens is 503 g/mol. The second kappa shape index (κ2) is 10.9. The highest BCUT2D eigenvalue weighted by Crippen LogP contribution is 2.23. The highest BCUT2D eigenvalue weighted by molar-refractivity contribution is 7.13. The summed E-state index contributed by atoms with van der Waals surface area (Å²) in [6.07, 6.45) is -5.47. The Balaban J connectivity index is 1.15. The van der Waals surface area contributed by atoms with E-state index in [0.717, 1.165) is 12.1 Å². The largest absolute Gasteiger partial charge is 0.573 e. The second-order valence-electron chi connectivity index (χ2n) is 7.14. The summed E-state index contributed by atoms with van der Waals surface area (Å²) >= 11 is 1.23. The van der Waals surface area contributed by atoms with Gasteiger partial charge in [-0.05, 0) is 35.9 Å². The highest BCUT2D eigenvalue weighted by Gasteiger charge is 2.30. The monoisotopic (exact) mass is 521 g/mol. The number of anilines is 2. The molecule has 2 aromatic carbocycles. The number of alkyl carbamates (subject to hydrolysis) is 1. The van der Waals surface area contributed by atoms with Crippen LogP contribution in [0.2, 0.25) is 0 Å². The number of H-pyrrole nitrogens is 1. The van der Waals surface area contributed by atoms with Gasteiger partial charge < -0.3 is 25.4 Å². The number of fused-ring (bicyclic) bond motifs is 1. The molecule has 0 unspecified atom stereocenters. The lowest BCUT2D eigenvalue weighted by Crippen LogP contribution is -2.29. The minimum atomic E-state index is -4.77. The summed E-state index contributed by atoms with van der Waals surface area (Å²) in [4.78, 5) is 28.4. The van der Waals surface area contributed by atoms with Gasteiger partial charge in [-0.2, -0.15) is 15.4 Å². The normalized spacial score (nSPS) is 11.2. The van der Waals surface area contributed by atoms with Crippen molar-refractivity contribution < 1.29 is 32.2 Å². The number of carbonyl (C=O) groups excluding carboxylic acids is 2. The smallest absolute Gasteiger partial charge is 0.445 e. The van der Waals surface area contributed by atoms with E-state index in [9.17, 15) is 22.8 Å². The van der Waals surface area contributed by atoms with Crippen molar-refractivity contribution in [2.45, 2.75) is 13.0 Å². The van der Waals surface area contributed by atoms with Gasteiger partial charge in [0.25, 0.3) is 5.91 Å². The van der Waals surface area contributed by atoms with Gasteiger partial charge in [-0.1, -0.05) is 12.1 Å². The first-order valence-electron chi connectivity index (χ1n) is 10.3. The van der Waals surface area contributed by atoms with E-state index >= 15 is 0 Å². The molecule has 36 heavy (non-hydrogen) atoms. The lowest BCUT2D eigenvalue weighted by molar-refractivity contribution is -0.274. The molecule has 0 bridgehead atoms. The van der Waals surface area contributed by atoms with Crippen molar-refractivity contribution in [3.8, 4) is 5.75 Å². The van der Waals surface area contributed by atoms with Crippen LogP contribution in [0.1, 0.15) is 16.1 Å². The van der Waals surface area contributed by atoms with Crippen molar-refractivity contribution in [1.82, 2.24) is 25.7 Å². The molecule has 15 heteroatoms. The van der Waals surface area contributed by atoms with Crippen molar-refractivity contribution >= 4 is 45.2 Å². The summed E-state index contributed by atoms with van der Waals surface area (Å²) in [7, 11) is 0. The van der Waals surface area contributed by atoms with Crippen molar-refractivity contribution in [2.75, 3.05) is 23.7 Å². The van der Waals surface area contributed by atoms with Gasteiger partial charge in [-0.15, -0.1) is 24.5 Å². The van der Waals surface area contributed by atoms with Crippen LogP contribution in [0, 0.1) is 0 Å². The van der Waals surface area contributed by atoms with Gasteiger partial charge in [-0.3, -0.25) is 4.79 Å². The maximum atomic E-state index is 12.4. The molecule has 11 nitrogen and oxygen atoms in total. The Morgan fingerprint density at radius 3 is 2.58 bits per heavy atom. The zero-order valence-electron chi connectivity index (χ0n) is 18.3. The summed E-state index contributed by atoms with van der Waals surface area (Å²) in [6.45, 7) is 0.395. The number of amides is 2. The molecule has 0 aliphatic heterocycles. The van der Waals surface area contributed by atoms with Crippen LogP contribution in [-0.2, 0) is 11.3 Å². The van der Waals surface area contributed by atoms with Crippen LogP contribution in [0.5, 0.6) is 5.75 Å². The first-order valence-corrected chi connectivity index (χ1v) is 11.2. The molecule has 2 amide bonds. The Morgan fingerprint density at radius 2 is 1.81 bits per heavy atom. The summed E-state index contributed by atoms with van der Waals surface area (Å²) in [6, 6.07) is 10.1. The number of alkyl halides is 3. The summed E-state index contributed by atoms with van der Waals surface area (Å²) in [5, 5.41) is 20.8. The molecule has 0 atom stereocenters. The number of rotatable bonds is 9. The average Bonchev–Trinajstić information content (AvgIpc) is 3.50. The fraction of sp³-hybridized carbons (Fsp3) is 0.190. The van der Waals surface area contributed by atoms with Gasteiger partial charge in [0.1, 0.15) is 29.1 Å². The number of nitrogens with zero attached hydrogens (tertiary/aromatic N) is 3. The molecule has 0 spiro atoms. The van der Waals surface area contributed by atoms with Crippen LogP contribution >= 0.6 is 11.3 Å². The first-order chi connectivity index (χ1) is 17.2. The highest BCUT2D eigenvalue weighted by atomic mass is 32.1. The van der Waals surface area contributed by atoms with E-state index in [1.54, 1.807) is 23.6 Å². The van der Waals surface area contributed by atoms with Crippen LogP contribution < -0.4 is 20.7 Å². The second-order valence-corrected chi connectivity index (χ2v) is 8.00. The maximum absolute atomic E-state index is 12.4. The molecule has 4 N–H and O–H groups in total. The number of nitrogens with one attached hydrogen (secondary N) is 4. The number of hydrogen-bond acceptors (Lipinski definition) is 9. The van der Waals surface area contributed by atoms with E-state index in [1.165, 1.54) is 23.5 Å². The minimum Gasteiger partial charge on any atom is -0.445 e. The quantitative estimate of drug-likeness (QED) is 0.243. The minimum absolute atomic E-state index is 0.125. The number of ether oxygens (including phenoxy) is 2. The number of aromatic nitrogens is 4. The van der Waals surface area contributed by atoms with Crippen LogP contribution in [0.4, 0.5) is 28.8 Å². The molecule has 0 saturated carbocycles. The molecule has 188 valence electrons. The molecule has 2 aromatic heterocycles. The summed E-state index contributed by atoms with van der Waals surface area (Å²) < 4.78 is 45.3. The van der Waals surface area contributed by atoms with Crippen molar-refractivity contribution in [1.29, 1.82) is 0 Å². The van der Waals surface area contributed by atoms with Crippen molar-refractivity contribution in [2.24, 2.45) is 0 Å². The molecule has 0 saturated heterocycles. The predicted octanol–water partition coefficient (Wildman–Crippen LogP) is 3.90. The molecule has 0 aliphatic carbocycles. The fourth-order valence-electron chi connectivity index (χ4n) is 2.89. The van der Waals surface area contributed by atoms with Crippen LogP contribution in [0.15, 0.2) is 47.8 Å². The average molecular weight is 521 g/mol. The maximum Gasteiger partial charge on any atom is 0.573 e. The zero-order chi connectivity index (χ0) is 25.5. The van der Waals surface area contributed by atoms with Gasteiger partial charge >= 0.3 is 12.5 Å². The van der Waals surface area contributed by atoms with E-state index in [2.05, 4.69) is 41.1 Å². The number of aromatic amines is 1. The van der Waals surface area contributed by atoms with Crippen molar-refractivity contribution in [3.63, 3.8) is 0 Å². The van der Waals surface area contributed by atoms with Crippen molar-refractivity contribution in [3.05, 3.63) is 59.1 Å². The molecular formula is C21H18F3N7O4S. The van der Waals surface area contributed by atoms with E-state index in [4.69, 9.17) is 4.74 Å². The lowest BCUT2D eigenvalue weighted by atomic mass is 10.2. The Kier molecular flexibility index (Phi) is 7.48. The molecule has 0 radical (unpaired) electrons. The number of halogens is 3. The van der Waals surface area contributed by atoms with Gasteiger partial charge in [0.2, 0.25) is 0 Å². The van der Waals surface area contributed by atoms with Gasteiger partial charge in [0, 0.05) is 24.2 Å². The molecule has 0 fully saturated rings. The first kappa shape index (κ1) is 24.7.